The van der Waals surface area contributed by atoms with Gasteiger partial charge in [-0.15, -0.1) is 22.7 Å². The van der Waals surface area contributed by atoms with Gasteiger partial charge in [-0.2, -0.15) is 0 Å². The molecule has 4 aromatic rings. The molecule has 10 nitrogen and oxygen atoms in total. The number of hydrogen-bond acceptors (Lipinski definition) is 11. The fraction of sp³-hybridized carbons (Fsp3) is 0.385. The molecule has 0 aromatic carbocycles. The van der Waals surface area contributed by atoms with Crippen LogP contribution in [0.2, 0.25) is 0 Å². The second-order valence-electron chi connectivity index (χ2n) is 9.76. The SMILES string of the molecule is NC(=O)c1ccc(N[C@H]2CCCC[C@H]2[NH3+])nc1Nc1ncc(-c2csc3c(=O)cc(N4CCOCC4)sc23)s1. The van der Waals surface area contributed by atoms with E-state index in [0.29, 0.717) is 41.6 Å². The van der Waals surface area contributed by atoms with Crippen LogP contribution in [-0.4, -0.2) is 54.3 Å². The van der Waals surface area contributed by atoms with Crippen molar-refractivity contribution < 1.29 is 15.3 Å². The van der Waals surface area contributed by atoms with E-state index in [1.54, 1.807) is 35.7 Å². The Morgan fingerprint density at radius 3 is 2.77 bits per heavy atom. The van der Waals surface area contributed by atoms with Crippen molar-refractivity contribution in [1.29, 1.82) is 0 Å². The van der Waals surface area contributed by atoms with Crippen molar-refractivity contribution in [1.82, 2.24) is 9.97 Å². The van der Waals surface area contributed by atoms with Gasteiger partial charge in [-0.25, -0.2) is 9.97 Å². The molecule has 1 aliphatic carbocycles. The standard InChI is InChI=1S/C26H29N7O3S3/c27-16-3-1-2-4-17(16)30-20-6-5-14(24(28)35)25(31-20)32-26-29-12-19(38-26)15-13-37-23-18(34)11-21(39-22(15)23)33-7-9-36-10-8-33/h5-6,11-13,16-17H,1-4,7-10,27H2,(H2,28,35)(H2,29,30,31,32)/p+1/t16-,17+/m1/s1. The molecule has 4 aromatic heterocycles. The van der Waals surface area contributed by atoms with Crippen molar-refractivity contribution in [2.75, 3.05) is 41.8 Å². The van der Waals surface area contributed by atoms with E-state index in [-0.39, 0.29) is 11.5 Å². The molecular formula is C26H30N7O3S3+. The number of morpholine rings is 1. The molecule has 0 spiro atoms. The molecule has 0 radical (unpaired) electrons. The van der Waals surface area contributed by atoms with E-state index in [1.165, 1.54) is 29.1 Å². The van der Waals surface area contributed by atoms with E-state index in [0.717, 1.165) is 57.2 Å². The van der Waals surface area contributed by atoms with Gasteiger partial charge < -0.3 is 31.7 Å². The maximum Gasteiger partial charge on any atom is 0.252 e. The average Bonchev–Trinajstić information content (AvgIpc) is 3.58. The highest BCUT2D eigenvalue weighted by molar-refractivity contribution is 7.29. The Morgan fingerprint density at radius 1 is 1.15 bits per heavy atom. The highest BCUT2D eigenvalue weighted by Gasteiger charge is 2.25. The number of amides is 1. The topological polar surface area (TPSA) is 150 Å². The van der Waals surface area contributed by atoms with E-state index >= 15 is 0 Å². The maximum absolute atomic E-state index is 12.9. The molecule has 6 rings (SSSR count). The lowest BCUT2D eigenvalue weighted by Crippen LogP contribution is -2.68. The van der Waals surface area contributed by atoms with Crippen molar-refractivity contribution in [3.63, 3.8) is 0 Å². The molecule has 0 unspecified atom stereocenters. The molecule has 39 heavy (non-hydrogen) atoms. The fourth-order valence-corrected chi connectivity index (χ4v) is 8.37. The van der Waals surface area contributed by atoms with E-state index in [9.17, 15) is 9.59 Å². The van der Waals surface area contributed by atoms with E-state index in [2.05, 4.69) is 31.2 Å². The quantitative estimate of drug-likeness (QED) is 0.258. The van der Waals surface area contributed by atoms with Gasteiger partial charge in [-0.3, -0.25) is 9.59 Å². The third-order valence-corrected chi connectivity index (χ3v) is 10.4. The molecule has 2 atom stereocenters. The van der Waals surface area contributed by atoms with Gasteiger partial charge in [0.25, 0.3) is 5.91 Å². The van der Waals surface area contributed by atoms with Crippen LogP contribution in [0.15, 0.2) is 34.6 Å². The van der Waals surface area contributed by atoms with Gasteiger partial charge in [0.1, 0.15) is 17.7 Å². The number of primary amides is 1. The second-order valence-corrected chi connectivity index (χ2v) is 12.7. The maximum atomic E-state index is 12.9. The molecule has 1 saturated carbocycles. The number of carbonyl (C=O) groups excluding carboxylic acids is 1. The number of aromatic nitrogens is 2. The number of ether oxygens (including phenoxy) is 1. The average molecular weight is 585 g/mol. The van der Waals surface area contributed by atoms with Crippen LogP contribution < -0.4 is 32.4 Å². The summed E-state index contributed by atoms with van der Waals surface area (Å²) in [5.41, 5.74) is 11.2. The van der Waals surface area contributed by atoms with Gasteiger partial charge in [-0.1, -0.05) is 17.8 Å². The van der Waals surface area contributed by atoms with Crippen LogP contribution in [-0.2, 0) is 4.74 Å². The summed E-state index contributed by atoms with van der Waals surface area (Å²) in [6, 6.07) is 5.76. The number of hydrogen-bond donors (Lipinski definition) is 4. The fourth-order valence-electron chi connectivity index (χ4n) is 5.02. The van der Waals surface area contributed by atoms with E-state index < -0.39 is 5.91 Å². The molecule has 204 valence electrons. The predicted molar refractivity (Wildman–Crippen MR) is 159 cm³/mol. The van der Waals surface area contributed by atoms with Crippen molar-refractivity contribution >= 4 is 71.1 Å². The van der Waals surface area contributed by atoms with Gasteiger partial charge in [0.2, 0.25) is 0 Å². The third kappa shape index (κ3) is 5.50. The Kier molecular flexibility index (Phi) is 7.49. The highest BCUT2D eigenvalue weighted by atomic mass is 32.1. The molecule has 13 heteroatoms. The number of thiazole rings is 1. The van der Waals surface area contributed by atoms with Crippen molar-refractivity contribution in [3.8, 4) is 10.4 Å². The molecule has 1 aliphatic heterocycles. The number of fused-ring (bicyclic) bond motifs is 1. The first-order chi connectivity index (χ1) is 19.0. The summed E-state index contributed by atoms with van der Waals surface area (Å²) in [6.45, 7) is 2.87. The number of carbonyl (C=O) groups is 1. The summed E-state index contributed by atoms with van der Waals surface area (Å²) in [4.78, 5) is 37.4. The molecule has 1 saturated heterocycles. The molecular weight excluding hydrogens is 555 g/mol. The van der Waals surface area contributed by atoms with Crippen molar-refractivity contribution in [2.24, 2.45) is 5.73 Å². The summed E-state index contributed by atoms with van der Waals surface area (Å²) in [5, 5.41) is 10.3. The Balaban J connectivity index is 1.28. The molecule has 7 N–H and O–H groups in total. The number of nitrogens with one attached hydrogen (secondary N) is 2. The summed E-state index contributed by atoms with van der Waals surface area (Å²) >= 11 is 4.52. The molecule has 1 amide bonds. The minimum absolute atomic E-state index is 0.0338. The van der Waals surface area contributed by atoms with E-state index in [1.807, 2.05) is 5.38 Å². The summed E-state index contributed by atoms with van der Waals surface area (Å²) in [5.74, 6) is 0.466. The summed E-state index contributed by atoms with van der Waals surface area (Å²) in [6.07, 6.45) is 6.28. The molecule has 0 bridgehead atoms. The third-order valence-electron chi connectivity index (χ3n) is 7.15. The van der Waals surface area contributed by atoms with Crippen molar-refractivity contribution in [2.45, 2.75) is 37.8 Å². The Hall–Kier alpha value is -3.10. The van der Waals surface area contributed by atoms with Crippen LogP contribution in [0, 0.1) is 0 Å². The van der Waals surface area contributed by atoms with Gasteiger partial charge in [0.15, 0.2) is 10.6 Å². The largest absolute Gasteiger partial charge is 0.378 e. The van der Waals surface area contributed by atoms with Crippen LogP contribution in [0.3, 0.4) is 0 Å². The zero-order valence-electron chi connectivity index (χ0n) is 21.3. The van der Waals surface area contributed by atoms with Crippen LogP contribution in [0.25, 0.3) is 19.8 Å². The summed E-state index contributed by atoms with van der Waals surface area (Å²) < 4.78 is 7.18. The number of quaternary nitrogens is 1. The summed E-state index contributed by atoms with van der Waals surface area (Å²) in [7, 11) is 0. The smallest absolute Gasteiger partial charge is 0.252 e. The monoisotopic (exact) mass is 584 g/mol. The zero-order valence-corrected chi connectivity index (χ0v) is 23.7. The lowest BCUT2D eigenvalue weighted by molar-refractivity contribution is -0.427. The van der Waals surface area contributed by atoms with Crippen LogP contribution in [0.1, 0.15) is 36.0 Å². The molecule has 2 aliphatic rings. The second kappa shape index (κ2) is 11.2. The molecule has 2 fully saturated rings. The Bertz CT molecular complexity index is 1560. The number of nitrogens with two attached hydrogens (primary N) is 1. The van der Waals surface area contributed by atoms with Gasteiger partial charge in [0.05, 0.1) is 44.1 Å². The first-order valence-electron chi connectivity index (χ1n) is 13.0. The highest BCUT2D eigenvalue weighted by Crippen LogP contribution is 2.41. The number of anilines is 4. The van der Waals surface area contributed by atoms with Gasteiger partial charge >= 0.3 is 0 Å². The minimum Gasteiger partial charge on any atom is -0.378 e. The van der Waals surface area contributed by atoms with Crippen LogP contribution in [0.5, 0.6) is 0 Å². The number of rotatable bonds is 7. The lowest BCUT2D eigenvalue weighted by atomic mass is 9.91. The normalized spacial score (nSPS) is 19.8. The van der Waals surface area contributed by atoms with E-state index in [4.69, 9.17) is 10.5 Å². The van der Waals surface area contributed by atoms with Crippen LogP contribution in [0.4, 0.5) is 21.8 Å². The van der Waals surface area contributed by atoms with Gasteiger partial charge in [-0.05, 0) is 25.0 Å². The number of thiophene rings is 1. The Labute approximate surface area is 237 Å². The lowest BCUT2D eigenvalue weighted by Gasteiger charge is -2.28. The minimum atomic E-state index is -0.565. The number of nitrogens with zero attached hydrogens (tertiary/aromatic N) is 3. The molecule has 5 heterocycles. The van der Waals surface area contributed by atoms with Crippen LogP contribution >= 0.6 is 34.0 Å². The van der Waals surface area contributed by atoms with Gasteiger partial charge in [0, 0.05) is 42.7 Å². The Morgan fingerprint density at radius 2 is 1.97 bits per heavy atom. The number of pyridine rings is 1. The van der Waals surface area contributed by atoms with Crippen molar-refractivity contribution in [3.05, 3.63) is 45.6 Å². The first-order valence-corrected chi connectivity index (χ1v) is 15.5. The first kappa shape index (κ1) is 26.1. The zero-order chi connectivity index (χ0) is 26.9. The predicted octanol–water partition coefficient (Wildman–Crippen LogP) is 3.49.